The number of nitrogens with zero attached hydrogens (tertiary/aromatic N) is 1. The molecule has 10 nitrogen and oxygen atoms in total. The van der Waals surface area contributed by atoms with Gasteiger partial charge in [-0.25, -0.2) is 0 Å². The first-order chi connectivity index (χ1) is 16.6. The van der Waals surface area contributed by atoms with Crippen LogP contribution < -0.4 is 16.0 Å². The number of imide groups is 1. The molecule has 2 atom stereocenters. The van der Waals surface area contributed by atoms with Crippen LogP contribution in [0.25, 0.3) is 0 Å². The molecule has 0 fully saturated rings. The van der Waals surface area contributed by atoms with E-state index in [2.05, 4.69) is 16.0 Å². The lowest BCUT2D eigenvalue weighted by Gasteiger charge is -2.24. The molecule has 1 aromatic carbocycles. The second-order valence-corrected chi connectivity index (χ2v) is 8.80. The molecule has 0 aliphatic carbocycles. The highest BCUT2D eigenvalue weighted by Gasteiger charge is 2.27. The van der Waals surface area contributed by atoms with Gasteiger partial charge in [-0.15, -0.1) is 0 Å². The maximum absolute atomic E-state index is 12.8. The van der Waals surface area contributed by atoms with Crippen molar-refractivity contribution in [1.82, 2.24) is 15.5 Å². The number of nitrogens with one attached hydrogen (secondary N) is 3. The van der Waals surface area contributed by atoms with Gasteiger partial charge in [0.15, 0.2) is 0 Å². The third-order valence-electron chi connectivity index (χ3n) is 5.65. The number of anilines is 1. The van der Waals surface area contributed by atoms with E-state index >= 15 is 0 Å². The van der Waals surface area contributed by atoms with Crippen LogP contribution in [0.5, 0.6) is 0 Å². The average molecular weight is 487 g/mol. The van der Waals surface area contributed by atoms with Gasteiger partial charge in [-0.2, -0.15) is 0 Å². The molecule has 2 rings (SSSR count). The van der Waals surface area contributed by atoms with Crippen molar-refractivity contribution in [3.8, 4) is 0 Å². The highest BCUT2D eigenvalue weighted by atomic mass is 16.3. The minimum Gasteiger partial charge on any atom is -0.392 e. The fourth-order valence-electron chi connectivity index (χ4n) is 3.55. The minimum absolute atomic E-state index is 0.199. The highest BCUT2D eigenvalue weighted by Crippen LogP contribution is 2.15. The Hall–Kier alpha value is -3.53. The minimum atomic E-state index is -0.863. The van der Waals surface area contributed by atoms with Crippen LogP contribution in [-0.2, 0) is 30.6 Å². The summed E-state index contributed by atoms with van der Waals surface area (Å²) in [6, 6.07) is 5.14. The first-order valence-corrected chi connectivity index (χ1v) is 11.8. The van der Waals surface area contributed by atoms with Gasteiger partial charge in [0.25, 0.3) is 11.8 Å². The number of unbranched alkanes of at least 4 members (excludes halogenated alkanes) is 2. The molecule has 0 bridgehead atoms. The Labute approximate surface area is 205 Å². The largest absolute Gasteiger partial charge is 0.392 e. The predicted octanol–water partition coefficient (Wildman–Crippen LogP) is 1.25. The van der Waals surface area contributed by atoms with Gasteiger partial charge in [0, 0.05) is 36.4 Å². The molecule has 0 aromatic heterocycles. The zero-order valence-electron chi connectivity index (χ0n) is 20.4. The SMILES string of the molecule is CC(C)[C@H](NC(=O)CCCCCN1C(=O)C=CC1=O)C(=O)N[C@@H](C)C(=O)Nc1ccccc1CO. The van der Waals surface area contributed by atoms with E-state index in [4.69, 9.17) is 0 Å². The number of hydrogen-bond acceptors (Lipinski definition) is 6. The van der Waals surface area contributed by atoms with Gasteiger partial charge in [-0.1, -0.05) is 38.5 Å². The molecule has 190 valence electrons. The van der Waals surface area contributed by atoms with Gasteiger partial charge in [0.1, 0.15) is 12.1 Å². The van der Waals surface area contributed by atoms with E-state index in [-0.39, 0.29) is 36.7 Å². The summed E-state index contributed by atoms with van der Waals surface area (Å²) in [7, 11) is 0. The highest BCUT2D eigenvalue weighted by molar-refractivity contribution is 6.12. The fraction of sp³-hybridized carbons (Fsp3) is 0.480. The van der Waals surface area contributed by atoms with Crippen molar-refractivity contribution in [2.45, 2.75) is 65.1 Å². The Morgan fingerprint density at radius 1 is 0.914 bits per heavy atom. The molecule has 0 unspecified atom stereocenters. The van der Waals surface area contributed by atoms with Crippen molar-refractivity contribution >= 4 is 35.2 Å². The molecular weight excluding hydrogens is 452 g/mol. The predicted molar refractivity (Wildman–Crippen MR) is 130 cm³/mol. The van der Waals surface area contributed by atoms with Gasteiger partial charge in [-0.3, -0.25) is 28.9 Å². The van der Waals surface area contributed by atoms with Crippen LogP contribution in [0.2, 0.25) is 0 Å². The number of rotatable bonds is 13. The molecule has 1 aromatic rings. The summed E-state index contributed by atoms with van der Waals surface area (Å²) in [6.07, 6.45) is 4.47. The van der Waals surface area contributed by atoms with Crippen molar-refractivity contribution in [3.05, 3.63) is 42.0 Å². The van der Waals surface area contributed by atoms with Crippen molar-refractivity contribution in [2.24, 2.45) is 5.92 Å². The summed E-state index contributed by atoms with van der Waals surface area (Å²) in [6.45, 7) is 5.21. The Balaban J connectivity index is 1.77. The quantitative estimate of drug-likeness (QED) is 0.244. The summed E-state index contributed by atoms with van der Waals surface area (Å²) >= 11 is 0. The molecule has 10 heteroatoms. The normalized spacial score (nSPS) is 14.7. The van der Waals surface area contributed by atoms with E-state index in [1.165, 1.54) is 17.1 Å². The molecule has 1 aliphatic rings. The summed E-state index contributed by atoms with van der Waals surface area (Å²) < 4.78 is 0. The molecule has 5 amide bonds. The molecule has 35 heavy (non-hydrogen) atoms. The zero-order valence-corrected chi connectivity index (χ0v) is 20.4. The van der Waals surface area contributed by atoms with E-state index in [9.17, 15) is 29.1 Å². The zero-order chi connectivity index (χ0) is 26.0. The number of carbonyl (C=O) groups is 5. The molecule has 0 spiro atoms. The van der Waals surface area contributed by atoms with Crippen molar-refractivity contribution < 1.29 is 29.1 Å². The van der Waals surface area contributed by atoms with E-state index in [1.54, 1.807) is 45.0 Å². The number of carbonyl (C=O) groups excluding carboxylic acids is 5. The van der Waals surface area contributed by atoms with Gasteiger partial charge in [0.2, 0.25) is 17.7 Å². The smallest absolute Gasteiger partial charge is 0.253 e. The van der Waals surface area contributed by atoms with Crippen LogP contribution in [0.15, 0.2) is 36.4 Å². The molecular formula is C25H34N4O6. The van der Waals surface area contributed by atoms with E-state index in [0.29, 0.717) is 37.1 Å². The van der Waals surface area contributed by atoms with Crippen LogP contribution in [0, 0.1) is 5.92 Å². The number of amides is 5. The van der Waals surface area contributed by atoms with Crippen LogP contribution in [0.3, 0.4) is 0 Å². The number of benzene rings is 1. The van der Waals surface area contributed by atoms with Crippen LogP contribution in [0.1, 0.15) is 52.0 Å². The van der Waals surface area contributed by atoms with Crippen molar-refractivity contribution in [3.63, 3.8) is 0 Å². The maximum atomic E-state index is 12.8. The van der Waals surface area contributed by atoms with Gasteiger partial charge < -0.3 is 21.1 Å². The molecule has 4 N–H and O–H groups in total. The van der Waals surface area contributed by atoms with Gasteiger partial charge >= 0.3 is 0 Å². The second-order valence-electron chi connectivity index (χ2n) is 8.80. The Bertz CT molecular complexity index is 956. The summed E-state index contributed by atoms with van der Waals surface area (Å²) in [5, 5.41) is 17.5. The first kappa shape index (κ1) is 27.7. The maximum Gasteiger partial charge on any atom is 0.253 e. The lowest BCUT2D eigenvalue weighted by molar-refractivity contribution is -0.137. The van der Waals surface area contributed by atoms with Gasteiger partial charge in [0.05, 0.1) is 6.61 Å². The fourth-order valence-corrected chi connectivity index (χ4v) is 3.55. The average Bonchev–Trinajstić information content (AvgIpc) is 3.14. The van der Waals surface area contributed by atoms with Gasteiger partial charge in [-0.05, 0) is 31.7 Å². The summed E-state index contributed by atoms with van der Waals surface area (Å²) in [5.74, 6) is -2.05. The lowest BCUT2D eigenvalue weighted by atomic mass is 10.0. The number of hydrogen-bond donors (Lipinski definition) is 4. The monoisotopic (exact) mass is 486 g/mol. The van der Waals surface area contributed by atoms with Crippen molar-refractivity contribution in [1.29, 1.82) is 0 Å². The number of aliphatic hydroxyl groups is 1. The standard InChI is InChI=1S/C25H34N4O6/c1-16(2)23(28-20(31)11-5-4-8-14-29-21(32)12-13-22(29)33)25(35)26-17(3)24(34)27-19-10-7-6-9-18(19)15-30/h6-7,9-10,12-13,16-17,23,30H,4-5,8,11,14-15H2,1-3H3,(H,26,35)(H,27,34)(H,28,31)/t17-,23-/m0/s1. The second kappa shape index (κ2) is 13.4. The Morgan fingerprint density at radius 2 is 1.57 bits per heavy atom. The van der Waals surface area contributed by atoms with E-state index < -0.39 is 23.9 Å². The Kier molecular flexibility index (Phi) is 10.6. The molecule has 0 saturated carbocycles. The summed E-state index contributed by atoms with van der Waals surface area (Å²) in [5.41, 5.74) is 1.02. The number of para-hydroxylation sites is 1. The Morgan fingerprint density at radius 3 is 2.20 bits per heavy atom. The topological polar surface area (TPSA) is 145 Å². The van der Waals surface area contributed by atoms with Crippen LogP contribution in [-0.4, -0.2) is 58.2 Å². The van der Waals surface area contributed by atoms with E-state index in [0.717, 1.165) is 0 Å². The lowest BCUT2D eigenvalue weighted by Crippen LogP contribution is -2.53. The summed E-state index contributed by atoms with van der Waals surface area (Å²) in [4.78, 5) is 61.9. The third-order valence-corrected chi connectivity index (χ3v) is 5.65. The number of aliphatic hydroxyl groups excluding tert-OH is 1. The first-order valence-electron chi connectivity index (χ1n) is 11.8. The van der Waals surface area contributed by atoms with Crippen molar-refractivity contribution in [2.75, 3.05) is 11.9 Å². The molecule has 1 aliphatic heterocycles. The van der Waals surface area contributed by atoms with Crippen LogP contribution in [0.4, 0.5) is 5.69 Å². The third kappa shape index (κ3) is 8.32. The van der Waals surface area contributed by atoms with E-state index in [1.807, 2.05) is 0 Å². The van der Waals surface area contributed by atoms with Crippen LogP contribution >= 0.6 is 0 Å². The molecule has 1 heterocycles. The molecule has 0 radical (unpaired) electrons. The molecule has 0 saturated heterocycles.